The van der Waals surface area contributed by atoms with Crippen molar-refractivity contribution in [1.29, 1.82) is 0 Å². The number of amides is 1. The third-order valence-corrected chi connectivity index (χ3v) is 5.39. The maximum Gasteiger partial charge on any atom is 0.231 e. The molecule has 0 unspecified atom stereocenters. The quantitative estimate of drug-likeness (QED) is 0.725. The summed E-state index contributed by atoms with van der Waals surface area (Å²) in [4.78, 5) is 27.7. The summed E-state index contributed by atoms with van der Waals surface area (Å²) in [6, 6.07) is 10.3. The van der Waals surface area contributed by atoms with Gasteiger partial charge in [-0.1, -0.05) is 6.07 Å². The fraction of sp³-hybridized carbons (Fsp3) is 0.364. The van der Waals surface area contributed by atoms with Gasteiger partial charge in [0.05, 0.1) is 5.69 Å². The lowest BCUT2D eigenvalue weighted by Gasteiger charge is -2.36. The van der Waals surface area contributed by atoms with Gasteiger partial charge in [0.1, 0.15) is 5.82 Å². The van der Waals surface area contributed by atoms with Gasteiger partial charge in [0, 0.05) is 38.2 Å². The van der Waals surface area contributed by atoms with Gasteiger partial charge in [-0.05, 0) is 49.2 Å². The van der Waals surface area contributed by atoms with Crippen LogP contribution in [0.5, 0.6) is 11.5 Å². The molecule has 2 heterocycles. The Labute approximate surface area is 168 Å². The first-order valence-corrected chi connectivity index (χ1v) is 9.73. The minimum atomic E-state index is -0.403. The van der Waals surface area contributed by atoms with E-state index in [0.717, 1.165) is 17.1 Å². The Morgan fingerprint density at radius 2 is 1.76 bits per heavy atom. The maximum absolute atomic E-state index is 14.4. The molecular formula is C22H23FN2O4. The van der Waals surface area contributed by atoms with Crippen LogP contribution in [0, 0.1) is 5.82 Å². The molecule has 0 bridgehead atoms. The highest BCUT2D eigenvalue weighted by Crippen LogP contribution is 2.32. The zero-order chi connectivity index (χ0) is 20.4. The van der Waals surface area contributed by atoms with Crippen LogP contribution in [0.3, 0.4) is 0 Å². The first-order valence-electron chi connectivity index (χ1n) is 9.73. The van der Waals surface area contributed by atoms with Crippen LogP contribution in [0.4, 0.5) is 10.1 Å². The van der Waals surface area contributed by atoms with Gasteiger partial charge in [-0.25, -0.2) is 4.39 Å². The Hall–Kier alpha value is -3.09. The smallest absolute Gasteiger partial charge is 0.231 e. The topological polar surface area (TPSA) is 59.1 Å². The average Bonchev–Trinajstić information content (AvgIpc) is 3.20. The standard InChI is InChI=1S/C22H23FN2O4/c1-15(26)17-4-5-19(18(23)13-17)24-8-10-25(11-9-24)22(27)7-3-16-2-6-20-21(12-16)29-14-28-20/h2,4-6,12-13H,3,7-11,14H2,1H3. The minimum absolute atomic E-state index is 0.0923. The highest BCUT2D eigenvalue weighted by Gasteiger charge is 2.23. The molecular weight excluding hydrogens is 375 g/mol. The second-order valence-electron chi connectivity index (χ2n) is 7.28. The Balaban J connectivity index is 1.30. The fourth-order valence-corrected chi connectivity index (χ4v) is 3.68. The second-order valence-corrected chi connectivity index (χ2v) is 7.28. The van der Waals surface area contributed by atoms with Crippen LogP contribution in [0.2, 0.25) is 0 Å². The zero-order valence-electron chi connectivity index (χ0n) is 16.3. The van der Waals surface area contributed by atoms with Crippen molar-refractivity contribution in [2.45, 2.75) is 19.8 Å². The molecule has 2 aliphatic rings. The van der Waals surface area contributed by atoms with Crippen LogP contribution in [-0.4, -0.2) is 49.6 Å². The summed E-state index contributed by atoms with van der Waals surface area (Å²) in [6.45, 7) is 3.88. The van der Waals surface area contributed by atoms with E-state index in [1.807, 2.05) is 28.0 Å². The number of ketones is 1. The van der Waals surface area contributed by atoms with Gasteiger partial charge >= 0.3 is 0 Å². The SMILES string of the molecule is CC(=O)c1ccc(N2CCN(C(=O)CCc3ccc4c(c3)OCO4)CC2)c(F)c1. The van der Waals surface area contributed by atoms with E-state index in [9.17, 15) is 14.0 Å². The molecule has 0 radical (unpaired) electrons. The molecule has 29 heavy (non-hydrogen) atoms. The van der Waals surface area contributed by atoms with E-state index in [-0.39, 0.29) is 18.5 Å². The summed E-state index contributed by atoms with van der Waals surface area (Å²) >= 11 is 0. The van der Waals surface area contributed by atoms with E-state index in [0.29, 0.717) is 50.3 Å². The van der Waals surface area contributed by atoms with E-state index >= 15 is 0 Å². The highest BCUT2D eigenvalue weighted by atomic mass is 19.1. The molecule has 6 nitrogen and oxygen atoms in total. The van der Waals surface area contributed by atoms with Crippen molar-refractivity contribution in [1.82, 2.24) is 4.90 Å². The summed E-state index contributed by atoms with van der Waals surface area (Å²) in [5.74, 6) is 0.990. The molecule has 0 aromatic heterocycles. The lowest BCUT2D eigenvalue weighted by Crippen LogP contribution is -2.49. The van der Waals surface area contributed by atoms with Gasteiger partial charge in [-0.3, -0.25) is 9.59 Å². The number of piperazine rings is 1. The van der Waals surface area contributed by atoms with Gasteiger partial charge in [-0.2, -0.15) is 0 Å². The minimum Gasteiger partial charge on any atom is -0.454 e. The van der Waals surface area contributed by atoms with Crippen LogP contribution in [0.25, 0.3) is 0 Å². The Morgan fingerprint density at radius 3 is 2.48 bits per heavy atom. The van der Waals surface area contributed by atoms with Crippen LogP contribution in [-0.2, 0) is 11.2 Å². The van der Waals surface area contributed by atoms with Crippen molar-refractivity contribution >= 4 is 17.4 Å². The van der Waals surface area contributed by atoms with Crippen molar-refractivity contribution in [2.24, 2.45) is 0 Å². The molecule has 1 amide bonds. The lowest BCUT2D eigenvalue weighted by molar-refractivity contribution is -0.131. The summed E-state index contributed by atoms with van der Waals surface area (Å²) in [5.41, 5.74) is 1.87. The fourth-order valence-electron chi connectivity index (χ4n) is 3.68. The van der Waals surface area contributed by atoms with Crippen molar-refractivity contribution < 1.29 is 23.5 Å². The van der Waals surface area contributed by atoms with Gasteiger partial charge in [0.25, 0.3) is 0 Å². The number of ether oxygens (including phenoxy) is 2. The Kier molecular flexibility index (Phi) is 5.38. The third-order valence-electron chi connectivity index (χ3n) is 5.39. The molecule has 0 aliphatic carbocycles. The molecule has 2 aliphatic heterocycles. The number of fused-ring (bicyclic) bond motifs is 1. The van der Waals surface area contributed by atoms with Crippen molar-refractivity contribution in [3.63, 3.8) is 0 Å². The predicted molar refractivity (Wildman–Crippen MR) is 106 cm³/mol. The number of benzene rings is 2. The number of rotatable bonds is 5. The summed E-state index contributed by atoms with van der Waals surface area (Å²) < 4.78 is 25.0. The number of halogens is 1. The Morgan fingerprint density at radius 1 is 1.00 bits per heavy atom. The molecule has 2 aromatic rings. The summed E-state index contributed by atoms with van der Waals surface area (Å²) in [6.07, 6.45) is 1.05. The van der Waals surface area contributed by atoms with Gasteiger partial charge in [0.15, 0.2) is 17.3 Å². The van der Waals surface area contributed by atoms with Crippen molar-refractivity contribution in [2.75, 3.05) is 37.9 Å². The third kappa shape index (κ3) is 4.18. The molecule has 4 rings (SSSR count). The number of nitrogens with zero attached hydrogens (tertiary/aromatic N) is 2. The number of aryl methyl sites for hydroxylation is 1. The number of hydrogen-bond acceptors (Lipinski definition) is 5. The zero-order valence-corrected chi connectivity index (χ0v) is 16.3. The molecule has 7 heteroatoms. The van der Waals surface area contributed by atoms with E-state index in [1.165, 1.54) is 13.0 Å². The van der Waals surface area contributed by atoms with E-state index in [4.69, 9.17) is 9.47 Å². The average molecular weight is 398 g/mol. The number of carbonyl (C=O) groups excluding carboxylic acids is 2. The summed E-state index contributed by atoms with van der Waals surface area (Å²) in [7, 11) is 0. The molecule has 0 N–H and O–H groups in total. The van der Waals surface area contributed by atoms with Gasteiger partial charge < -0.3 is 19.3 Å². The Bertz CT molecular complexity index is 938. The number of carbonyl (C=O) groups is 2. The first-order chi connectivity index (χ1) is 14.0. The molecule has 1 fully saturated rings. The van der Waals surface area contributed by atoms with E-state index in [1.54, 1.807) is 12.1 Å². The lowest BCUT2D eigenvalue weighted by atomic mass is 10.1. The van der Waals surface area contributed by atoms with Gasteiger partial charge in [-0.15, -0.1) is 0 Å². The van der Waals surface area contributed by atoms with E-state index in [2.05, 4.69) is 0 Å². The molecule has 152 valence electrons. The largest absolute Gasteiger partial charge is 0.454 e. The number of Topliss-reactive ketones (excluding diaryl/α,β-unsaturated/α-hetero) is 1. The second kappa shape index (κ2) is 8.11. The molecule has 0 spiro atoms. The first kappa shape index (κ1) is 19.2. The molecule has 2 aromatic carbocycles. The molecule has 1 saturated heterocycles. The molecule has 0 saturated carbocycles. The number of hydrogen-bond donors (Lipinski definition) is 0. The maximum atomic E-state index is 14.4. The van der Waals surface area contributed by atoms with Crippen molar-refractivity contribution in [3.8, 4) is 11.5 Å². The van der Waals surface area contributed by atoms with Crippen LogP contribution >= 0.6 is 0 Å². The van der Waals surface area contributed by atoms with Crippen LogP contribution in [0.15, 0.2) is 36.4 Å². The molecule has 0 atom stereocenters. The van der Waals surface area contributed by atoms with Crippen molar-refractivity contribution in [3.05, 3.63) is 53.3 Å². The number of anilines is 1. The van der Waals surface area contributed by atoms with E-state index < -0.39 is 5.82 Å². The highest BCUT2D eigenvalue weighted by molar-refractivity contribution is 5.94. The predicted octanol–water partition coefficient (Wildman–Crippen LogP) is 3.04. The van der Waals surface area contributed by atoms with Crippen LogP contribution in [0.1, 0.15) is 29.3 Å². The monoisotopic (exact) mass is 398 g/mol. The summed E-state index contributed by atoms with van der Waals surface area (Å²) in [5, 5.41) is 0. The van der Waals surface area contributed by atoms with Crippen LogP contribution < -0.4 is 14.4 Å². The normalized spacial score (nSPS) is 15.5. The van der Waals surface area contributed by atoms with Gasteiger partial charge in [0.2, 0.25) is 12.7 Å².